The molecule has 0 heterocycles. The summed E-state index contributed by atoms with van der Waals surface area (Å²) < 4.78 is 55.8. The Balaban J connectivity index is 2.86. The van der Waals surface area contributed by atoms with Crippen molar-refractivity contribution in [3.05, 3.63) is 24.3 Å². The van der Waals surface area contributed by atoms with Crippen LogP contribution in [0.2, 0.25) is 0 Å². The van der Waals surface area contributed by atoms with E-state index in [2.05, 4.69) is 0 Å². The average Bonchev–Trinajstić information content (AvgIpc) is 2.37. The third-order valence-electron chi connectivity index (χ3n) is 2.17. The Hall–Kier alpha value is -1.25. The lowest BCUT2D eigenvalue weighted by molar-refractivity contribution is 0.0170. The van der Waals surface area contributed by atoms with E-state index in [9.17, 15) is 17.2 Å². The molecule has 0 spiro atoms. The summed E-state index contributed by atoms with van der Waals surface area (Å²) in [6, 6.07) is 5.52. The van der Waals surface area contributed by atoms with Gasteiger partial charge >= 0.3 is 0 Å². The third-order valence-corrected chi connectivity index (χ3v) is 3.57. The van der Waals surface area contributed by atoms with Gasteiger partial charge in [-0.1, -0.05) is 6.07 Å². The van der Waals surface area contributed by atoms with Crippen molar-refractivity contribution in [2.45, 2.75) is 10.8 Å². The molecule has 1 rings (SSSR count). The van der Waals surface area contributed by atoms with Crippen LogP contribution in [0.3, 0.4) is 0 Å². The van der Waals surface area contributed by atoms with Crippen molar-refractivity contribution < 1.29 is 21.9 Å². The van der Waals surface area contributed by atoms with Crippen LogP contribution in [0.1, 0.15) is 0 Å². The van der Waals surface area contributed by atoms with E-state index >= 15 is 0 Å². The van der Waals surface area contributed by atoms with Gasteiger partial charge in [0.05, 0.1) is 25.1 Å². The Morgan fingerprint density at radius 2 is 2.11 bits per heavy atom. The minimum absolute atomic E-state index is 0.144. The van der Waals surface area contributed by atoms with Gasteiger partial charge in [0.15, 0.2) is 0 Å². The number of ether oxygens (including phenoxy) is 1. The van der Waals surface area contributed by atoms with E-state index in [0.717, 1.165) is 0 Å². The van der Waals surface area contributed by atoms with Gasteiger partial charge in [-0.15, -0.1) is 0 Å². The lowest BCUT2D eigenvalue weighted by Crippen LogP contribution is -2.41. The number of alkyl halides is 2. The van der Waals surface area contributed by atoms with Crippen molar-refractivity contribution >= 4 is 10.0 Å². The lowest BCUT2D eigenvalue weighted by Gasteiger charge is -2.15. The van der Waals surface area contributed by atoms with Crippen LogP contribution in [-0.4, -0.2) is 34.5 Å². The first-order valence-corrected chi connectivity index (χ1v) is 6.51. The first-order chi connectivity index (χ1) is 8.30. The molecule has 0 saturated heterocycles. The van der Waals surface area contributed by atoms with Crippen molar-refractivity contribution in [1.29, 1.82) is 0 Å². The minimum Gasteiger partial charge on any atom is -0.497 e. The number of hydrogen-bond acceptors (Lipinski definition) is 4. The fourth-order valence-corrected chi connectivity index (χ4v) is 2.22. The Bertz CT molecular complexity index is 506. The number of rotatable bonds is 6. The van der Waals surface area contributed by atoms with Crippen LogP contribution in [0, 0.1) is 0 Å². The minimum atomic E-state index is -4.00. The Kier molecular flexibility index (Phi) is 4.60. The summed E-state index contributed by atoms with van der Waals surface area (Å²) in [4.78, 5) is -0.144. The summed E-state index contributed by atoms with van der Waals surface area (Å²) in [5.74, 6) is -2.95. The number of methoxy groups -OCH3 is 1. The molecule has 0 aromatic heterocycles. The molecule has 102 valence electrons. The van der Waals surface area contributed by atoms with Crippen LogP contribution in [-0.2, 0) is 10.0 Å². The molecule has 0 unspecified atom stereocenters. The molecule has 0 saturated carbocycles. The summed E-state index contributed by atoms with van der Waals surface area (Å²) in [6.45, 7) is -1.96. The highest BCUT2D eigenvalue weighted by Gasteiger charge is 2.29. The van der Waals surface area contributed by atoms with E-state index in [0.29, 0.717) is 5.75 Å². The predicted molar refractivity (Wildman–Crippen MR) is 62.2 cm³/mol. The van der Waals surface area contributed by atoms with Crippen LogP contribution in [0.4, 0.5) is 8.78 Å². The number of sulfonamides is 1. The monoisotopic (exact) mass is 280 g/mol. The highest BCUT2D eigenvalue weighted by atomic mass is 32.2. The normalized spacial score (nSPS) is 12.4. The molecule has 3 N–H and O–H groups in total. The first kappa shape index (κ1) is 14.8. The second kappa shape index (κ2) is 5.59. The summed E-state index contributed by atoms with van der Waals surface area (Å²) in [6.07, 6.45) is 0. The molecule has 1 aromatic rings. The van der Waals surface area contributed by atoms with Gasteiger partial charge in [-0.2, -0.15) is 0 Å². The van der Waals surface area contributed by atoms with E-state index in [1.807, 2.05) is 0 Å². The molecule has 5 nitrogen and oxygen atoms in total. The maximum absolute atomic E-state index is 12.9. The van der Waals surface area contributed by atoms with E-state index in [1.165, 1.54) is 25.3 Å². The van der Waals surface area contributed by atoms with E-state index in [4.69, 9.17) is 10.5 Å². The fraction of sp³-hybridized carbons (Fsp3) is 0.400. The van der Waals surface area contributed by atoms with Crippen molar-refractivity contribution in [3.8, 4) is 5.75 Å². The van der Waals surface area contributed by atoms with Crippen LogP contribution in [0.5, 0.6) is 5.75 Å². The maximum atomic E-state index is 12.9. The number of nitrogens with two attached hydrogens (primary N) is 1. The Morgan fingerprint density at radius 1 is 1.44 bits per heavy atom. The molecule has 1 aromatic carbocycles. The Morgan fingerprint density at radius 3 is 2.67 bits per heavy atom. The number of nitrogens with one attached hydrogen (secondary N) is 1. The molecule has 0 atom stereocenters. The average molecular weight is 280 g/mol. The van der Waals surface area contributed by atoms with Crippen molar-refractivity contribution in [3.63, 3.8) is 0 Å². The van der Waals surface area contributed by atoms with Crippen LogP contribution in [0.15, 0.2) is 29.2 Å². The topological polar surface area (TPSA) is 81.4 Å². The maximum Gasteiger partial charge on any atom is 0.273 e. The van der Waals surface area contributed by atoms with Gasteiger partial charge in [0.1, 0.15) is 5.75 Å². The molecule has 18 heavy (non-hydrogen) atoms. The van der Waals surface area contributed by atoms with E-state index in [-0.39, 0.29) is 4.90 Å². The van der Waals surface area contributed by atoms with Crippen LogP contribution in [0.25, 0.3) is 0 Å². The molecule has 0 amide bonds. The molecule has 0 radical (unpaired) electrons. The third kappa shape index (κ3) is 3.90. The van der Waals surface area contributed by atoms with Gasteiger partial charge in [-0.25, -0.2) is 21.9 Å². The van der Waals surface area contributed by atoms with Gasteiger partial charge in [0.2, 0.25) is 10.0 Å². The van der Waals surface area contributed by atoms with Gasteiger partial charge in [0, 0.05) is 6.07 Å². The zero-order chi connectivity index (χ0) is 13.8. The summed E-state index contributed by atoms with van der Waals surface area (Å²) in [5.41, 5.74) is 4.82. The van der Waals surface area contributed by atoms with E-state index in [1.54, 1.807) is 10.8 Å². The number of hydrogen-bond donors (Lipinski definition) is 2. The predicted octanol–water partition coefficient (Wildman–Crippen LogP) is 0.568. The molecule has 8 heteroatoms. The standard InChI is InChI=1S/C10H14F2N2O3S/c1-17-8-3-2-4-9(5-8)18(15,16)14-7-10(11,12)6-13/h2-5,14H,6-7,13H2,1H3. The van der Waals surface area contributed by atoms with Crippen molar-refractivity contribution in [2.75, 3.05) is 20.2 Å². The van der Waals surface area contributed by atoms with Crippen LogP contribution >= 0.6 is 0 Å². The fourth-order valence-electron chi connectivity index (χ4n) is 1.12. The Labute approximate surface area is 104 Å². The zero-order valence-electron chi connectivity index (χ0n) is 9.69. The van der Waals surface area contributed by atoms with Crippen molar-refractivity contribution in [2.24, 2.45) is 5.73 Å². The number of halogens is 2. The quantitative estimate of drug-likeness (QED) is 0.798. The summed E-state index contributed by atoms with van der Waals surface area (Å²) in [5, 5.41) is 0. The zero-order valence-corrected chi connectivity index (χ0v) is 10.5. The molecule has 0 bridgehead atoms. The van der Waals surface area contributed by atoms with Crippen molar-refractivity contribution in [1.82, 2.24) is 4.72 Å². The molecule has 0 aliphatic rings. The summed E-state index contributed by atoms with van der Waals surface area (Å²) in [7, 11) is -2.62. The molecule has 0 fully saturated rings. The largest absolute Gasteiger partial charge is 0.497 e. The molecular formula is C10H14F2N2O3S. The second-order valence-corrected chi connectivity index (χ2v) is 5.33. The highest BCUT2D eigenvalue weighted by Crippen LogP contribution is 2.18. The molecular weight excluding hydrogens is 266 g/mol. The second-order valence-electron chi connectivity index (χ2n) is 3.56. The van der Waals surface area contributed by atoms with E-state index < -0.39 is 29.0 Å². The molecule has 0 aliphatic carbocycles. The highest BCUT2D eigenvalue weighted by molar-refractivity contribution is 7.89. The van der Waals surface area contributed by atoms with Gasteiger partial charge < -0.3 is 10.5 Å². The number of benzene rings is 1. The molecule has 0 aliphatic heterocycles. The van der Waals surface area contributed by atoms with Crippen LogP contribution < -0.4 is 15.2 Å². The SMILES string of the molecule is COc1cccc(S(=O)(=O)NCC(F)(F)CN)c1. The van der Waals surface area contributed by atoms with Gasteiger partial charge in [0.25, 0.3) is 5.92 Å². The lowest BCUT2D eigenvalue weighted by atomic mass is 10.3. The smallest absolute Gasteiger partial charge is 0.273 e. The summed E-state index contributed by atoms with van der Waals surface area (Å²) >= 11 is 0. The first-order valence-electron chi connectivity index (χ1n) is 5.02. The van der Waals surface area contributed by atoms with Gasteiger partial charge in [-0.05, 0) is 12.1 Å². The van der Waals surface area contributed by atoms with Gasteiger partial charge in [-0.3, -0.25) is 0 Å².